The number of hydrogen-bond acceptors (Lipinski definition) is 4. The number of benzene rings is 2. The predicted molar refractivity (Wildman–Crippen MR) is 85.2 cm³/mol. The molecule has 1 heterocycles. The number of para-hydroxylation sites is 1. The number of hydrogen-bond donors (Lipinski definition) is 0. The highest BCUT2D eigenvalue weighted by atomic mass is 35.5. The Balaban J connectivity index is 1.75. The number of halogens is 1. The minimum atomic E-state index is 0.400. The SMILES string of the molecule is Clc1ccccc1COc1ccccc1/C=N\n1cnnc1. The van der Waals surface area contributed by atoms with Crippen molar-refractivity contribution in [1.82, 2.24) is 14.9 Å². The Morgan fingerprint density at radius 1 is 1.05 bits per heavy atom. The Morgan fingerprint density at radius 3 is 2.59 bits per heavy atom. The fourth-order valence-corrected chi connectivity index (χ4v) is 2.06. The van der Waals surface area contributed by atoms with Crippen LogP contribution in [0.2, 0.25) is 5.02 Å². The van der Waals surface area contributed by atoms with E-state index in [9.17, 15) is 0 Å². The van der Waals surface area contributed by atoms with Gasteiger partial charge in [0, 0.05) is 16.1 Å². The minimum Gasteiger partial charge on any atom is -0.488 e. The molecule has 0 aliphatic rings. The predicted octanol–water partition coefficient (Wildman–Crippen LogP) is 3.39. The van der Waals surface area contributed by atoms with E-state index in [2.05, 4.69) is 15.3 Å². The zero-order valence-electron chi connectivity index (χ0n) is 11.6. The second-order valence-electron chi connectivity index (χ2n) is 4.50. The molecule has 2 aromatic carbocycles. The normalized spacial score (nSPS) is 11.0. The lowest BCUT2D eigenvalue weighted by Crippen LogP contribution is -1.99. The van der Waals surface area contributed by atoms with Crippen molar-refractivity contribution in [2.45, 2.75) is 6.61 Å². The van der Waals surface area contributed by atoms with Crippen LogP contribution in [0, 0.1) is 0 Å². The van der Waals surface area contributed by atoms with E-state index in [0.717, 1.165) is 16.9 Å². The van der Waals surface area contributed by atoms with Crippen LogP contribution in [0.5, 0.6) is 5.75 Å². The third-order valence-electron chi connectivity index (χ3n) is 3.00. The molecule has 0 saturated carbocycles. The van der Waals surface area contributed by atoms with E-state index in [1.165, 1.54) is 17.3 Å². The number of aromatic nitrogens is 3. The molecule has 0 amide bonds. The van der Waals surface area contributed by atoms with E-state index in [4.69, 9.17) is 16.3 Å². The summed E-state index contributed by atoms with van der Waals surface area (Å²) in [4.78, 5) is 0. The van der Waals surface area contributed by atoms with Gasteiger partial charge in [0.05, 0.1) is 6.21 Å². The highest BCUT2D eigenvalue weighted by Gasteiger charge is 2.03. The summed E-state index contributed by atoms with van der Waals surface area (Å²) in [5.41, 5.74) is 1.80. The van der Waals surface area contributed by atoms with Gasteiger partial charge in [-0.05, 0) is 18.2 Å². The zero-order chi connectivity index (χ0) is 15.2. The second-order valence-corrected chi connectivity index (χ2v) is 4.91. The molecule has 0 saturated heterocycles. The molecule has 3 rings (SSSR count). The standard InChI is InChI=1S/C16H13ClN4O/c17-15-7-3-1-6-14(15)10-22-16-8-4-2-5-13(16)9-20-21-11-18-19-12-21/h1-9,11-12H,10H2/b20-9-. The van der Waals surface area contributed by atoms with Crippen LogP contribution < -0.4 is 4.74 Å². The Morgan fingerprint density at radius 2 is 1.77 bits per heavy atom. The van der Waals surface area contributed by atoms with Crippen molar-refractivity contribution in [3.63, 3.8) is 0 Å². The van der Waals surface area contributed by atoms with Gasteiger partial charge in [0.25, 0.3) is 0 Å². The summed E-state index contributed by atoms with van der Waals surface area (Å²) in [5.74, 6) is 0.735. The van der Waals surface area contributed by atoms with E-state index in [1.807, 2.05) is 48.5 Å². The monoisotopic (exact) mass is 312 g/mol. The molecule has 5 nitrogen and oxygen atoms in total. The van der Waals surface area contributed by atoms with Crippen LogP contribution in [-0.2, 0) is 6.61 Å². The summed E-state index contributed by atoms with van der Waals surface area (Å²) in [6.07, 6.45) is 4.73. The summed E-state index contributed by atoms with van der Waals surface area (Å²) in [5, 5.41) is 12.3. The van der Waals surface area contributed by atoms with E-state index >= 15 is 0 Å². The van der Waals surface area contributed by atoms with Crippen molar-refractivity contribution < 1.29 is 4.74 Å². The summed E-state index contributed by atoms with van der Waals surface area (Å²) in [7, 11) is 0. The van der Waals surface area contributed by atoms with Crippen molar-refractivity contribution in [2.24, 2.45) is 5.10 Å². The number of rotatable bonds is 5. The van der Waals surface area contributed by atoms with Gasteiger partial charge in [0.1, 0.15) is 25.0 Å². The maximum absolute atomic E-state index is 6.14. The number of ether oxygens (including phenoxy) is 1. The van der Waals surface area contributed by atoms with Gasteiger partial charge in [0.15, 0.2) is 0 Å². The van der Waals surface area contributed by atoms with E-state index in [0.29, 0.717) is 11.6 Å². The van der Waals surface area contributed by atoms with Gasteiger partial charge in [-0.15, -0.1) is 10.2 Å². The maximum Gasteiger partial charge on any atom is 0.141 e. The van der Waals surface area contributed by atoms with Gasteiger partial charge in [0.2, 0.25) is 0 Å². The van der Waals surface area contributed by atoms with Crippen LogP contribution in [0.4, 0.5) is 0 Å². The molecule has 0 radical (unpaired) electrons. The summed E-state index contributed by atoms with van der Waals surface area (Å²) >= 11 is 6.14. The van der Waals surface area contributed by atoms with Crippen LogP contribution in [0.1, 0.15) is 11.1 Å². The second kappa shape index (κ2) is 6.87. The van der Waals surface area contributed by atoms with E-state index in [1.54, 1.807) is 6.21 Å². The van der Waals surface area contributed by atoms with Crippen molar-refractivity contribution in [3.05, 3.63) is 77.3 Å². The van der Waals surface area contributed by atoms with Crippen molar-refractivity contribution >= 4 is 17.8 Å². The highest BCUT2D eigenvalue weighted by Crippen LogP contribution is 2.20. The van der Waals surface area contributed by atoms with Gasteiger partial charge < -0.3 is 4.74 Å². The minimum absolute atomic E-state index is 0.400. The Labute approximate surface area is 132 Å². The van der Waals surface area contributed by atoms with Crippen molar-refractivity contribution in [2.75, 3.05) is 0 Å². The van der Waals surface area contributed by atoms with Gasteiger partial charge in [-0.3, -0.25) is 0 Å². The lowest BCUT2D eigenvalue weighted by molar-refractivity contribution is 0.306. The molecule has 0 N–H and O–H groups in total. The summed E-state index contributed by atoms with van der Waals surface area (Å²) < 4.78 is 7.38. The molecule has 0 unspecified atom stereocenters. The Hall–Kier alpha value is -2.66. The number of nitrogens with zero attached hydrogens (tertiary/aromatic N) is 4. The Bertz CT molecular complexity index is 771. The van der Waals surface area contributed by atoms with Crippen LogP contribution in [0.25, 0.3) is 0 Å². The molecule has 0 aliphatic carbocycles. The van der Waals surface area contributed by atoms with Gasteiger partial charge in [-0.25, -0.2) is 4.68 Å². The van der Waals surface area contributed by atoms with Gasteiger partial charge >= 0.3 is 0 Å². The van der Waals surface area contributed by atoms with Crippen LogP contribution in [0.15, 0.2) is 66.3 Å². The van der Waals surface area contributed by atoms with Gasteiger partial charge in [-0.1, -0.05) is 41.9 Å². The zero-order valence-corrected chi connectivity index (χ0v) is 12.4. The first kappa shape index (κ1) is 14.3. The molecule has 1 aromatic heterocycles. The third kappa shape index (κ3) is 3.51. The molecule has 0 fully saturated rings. The highest BCUT2D eigenvalue weighted by molar-refractivity contribution is 6.31. The largest absolute Gasteiger partial charge is 0.488 e. The Kier molecular flexibility index (Phi) is 4.46. The first-order valence-corrected chi connectivity index (χ1v) is 7.05. The molecule has 0 spiro atoms. The average molecular weight is 313 g/mol. The summed E-state index contributed by atoms with van der Waals surface area (Å²) in [6, 6.07) is 15.3. The van der Waals surface area contributed by atoms with Crippen molar-refractivity contribution in [3.8, 4) is 5.75 Å². The molecule has 3 aromatic rings. The lowest BCUT2D eigenvalue weighted by Gasteiger charge is -2.09. The molecule has 0 aliphatic heterocycles. The van der Waals surface area contributed by atoms with Gasteiger partial charge in [-0.2, -0.15) is 5.10 Å². The molecular formula is C16H13ClN4O. The van der Waals surface area contributed by atoms with E-state index < -0.39 is 0 Å². The topological polar surface area (TPSA) is 52.3 Å². The van der Waals surface area contributed by atoms with E-state index in [-0.39, 0.29) is 0 Å². The fourth-order valence-electron chi connectivity index (χ4n) is 1.87. The summed E-state index contributed by atoms with van der Waals surface area (Å²) in [6.45, 7) is 0.400. The first-order valence-electron chi connectivity index (χ1n) is 6.67. The quantitative estimate of drug-likeness (QED) is 0.679. The van der Waals surface area contributed by atoms with Crippen LogP contribution >= 0.6 is 11.6 Å². The third-order valence-corrected chi connectivity index (χ3v) is 3.37. The van der Waals surface area contributed by atoms with Crippen LogP contribution in [0.3, 0.4) is 0 Å². The molecule has 22 heavy (non-hydrogen) atoms. The van der Waals surface area contributed by atoms with Crippen molar-refractivity contribution in [1.29, 1.82) is 0 Å². The first-order chi connectivity index (χ1) is 10.8. The molecule has 0 atom stereocenters. The molecule has 0 bridgehead atoms. The molecule has 110 valence electrons. The smallest absolute Gasteiger partial charge is 0.141 e. The molecule has 6 heteroatoms. The maximum atomic E-state index is 6.14. The lowest BCUT2D eigenvalue weighted by atomic mass is 10.2. The molecular weight excluding hydrogens is 300 g/mol. The fraction of sp³-hybridized carbons (Fsp3) is 0.0625. The van der Waals surface area contributed by atoms with Crippen LogP contribution in [-0.4, -0.2) is 21.1 Å². The average Bonchev–Trinajstić information content (AvgIpc) is 3.06.